The van der Waals surface area contributed by atoms with E-state index in [2.05, 4.69) is 12.1 Å². The predicted octanol–water partition coefficient (Wildman–Crippen LogP) is 6.09. The van der Waals surface area contributed by atoms with E-state index in [0.717, 1.165) is 37.5 Å². The van der Waals surface area contributed by atoms with E-state index in [0.29, 0.717) is 11.2 Å². The van der Waals surface area contributed by atoms with Crippen LogP contribution in [0, 0.1) is 0 Å². The van der Waals surface area contributed by atoms with Gasteiger partial charge in [0.1, 0.15) is 4.70 Å². The van der Waals surface area contributed by atoms with Crippen LogP contribution in [0.25, 0.3) is 20.7 Å². The summed E-state index contributed by atoms with van der Waals surface area (Å²) in [5.74, 6) is 0.741. The average molecular weight is 413 g/mol. The summed E-state index contributed by atoms with van der Waals surface area (Å²) in [4.78, 5) is 18.8. The van der Waals surface area contributed by atoms with Crippen LogP contribution in [0.3, 0.4) is 0 Å². The maximum atomic E-state index is 13.0. The largest absolute Gasteiger partial charge is 0.287 e. The highest BCUT2D eigenvalue weighted by Gasteiger charge is 2.14. The maximum Gasteiger partial charge on any atom is 0.272 e. The molecule has 4 rings (SSSR count). The van der Waals surface area contributed by atoms with E-state index in [1.165, 1.54) is 11.3 Å². The van der Waals surface area contributed by atoms with E-state index >= 15 is 0 Å². The van der Waals surface area contributed by atoms with Gasteiger partial charge >= 0.3 is 0 Å². The van der Waals surface area contributed by atoms with Crippen molar-refractivity contribution in [3.8, 4) is 10.4 Å². The number of hydrogen-bond donors (Lipinski definition) is 0. The second-order valence-corrected chi connectivity index (χ2v) is 8.48. The molecule has 0 atom stereocenters. The lowest BCUT2D eigenvalue weighted by atomic mass is 10.2. The minimum atomic E-state index is 0.0355. The van der Waals surface area contributed by atoms with E-state index < -0.39 is 0 Å². The van der Waals surface area contributed by atoms with Gasteiger partial charge in [0, 0.05) is 22.2 Å². The van der Waals surface area contributed by atoms with Gasteiger partial charge in [-0.3, -0.25) is 9.36 Å². The molecule has 0 saturated heterocycles. The summed E-state index contributed by atoms with van der Waals surface area (Å²) < 4.78 is 2.47. The van der Waals surface area contributed by atoms with Gasteiger partial charge in [-0.1, -0.05) is 65.8 Å². The highest BCUT2D eigenvalue weighted by molar-refractivity contribution is 7.98. The van der Waals surface area contributed by atoms with E-state index in [4.69, 9.17) is 16.6 Å². The Morgan fingerprint density at radius 3 is 2.56 bits per heavy atom. The van der Waals surface area contributed by atoms with Gasteiger partial charge in [-0.15, -0.1) is 11.3 Å². The molecule has 0 bridgehead atoms. The van der Waals surface area contributed by atoms with Crippen molar-refractivity contribution in [1.82, 2.24) is 9.55 Å². The first-order valence-electron chi connectivity index (χ1n) is 8.62. The lowest BCUT2D eigenvalue weighted by Crippen LogP contribution is -2.21. The van der Waals surface area contributed by atoms with Crippen LogP contribution >= 0.6 is 34.7 Å². The maximum absolute atomic E-state index is 13.0. The molecule has 0 fully saturated rings. The van der Waals surface area contributed by atoms with Crippen molar-refractivity contribution >= 4 is 44.9 Å². The summed E-state index contributed by atoms with van der Waals surface area (Å²) in [5.41, 5.74) is 3.07. The Labute approximate surface area is 170 Å². The van der Waals surface area contributed by atoms with Crippen molar-refractivity contribution in [1.29, 1.82) is 0 Å². The molecule has 2 aromatic carbocycles. The van der Waals surface area contributed by atoms with E-state index in [1.54, 1.807) is 16.3 Å². The van der Waals surface area contributed by atoms with Crippen molar-refractivity contribution in [3.63, 3.8) is 0 Å². The molecule has 0 amide bonds. The third-order valence-electron chi connectivity index (χ3n) is 4.25. The Hall–Kier alpha value is -2.08. The summed E-state index contributed by atoms with van der Waals surface area (Å²) >= 11 is 9.04. The highest BCUT2D eigenvalue weighted by Crippen LogP contribution is 2.32. The Bertz CT molecular complexity index is 1130. The van der Waals surface area contributed by atoms with Crippen LogP contribution < -0.4 is 5.56 Å². The molecular formula is C21H17ClN2OS2. The monoisotopic (exact) mass is 412 g/mol. The van der Waals surface area contributed by atoms with Crippen molar-refractivity contribution in [3.05, 3.63) is 81.6 Å². The van der Waals surface area contributed by atoms with Gasteiger partial charge < -0.3 is 0 Å². The molecule has 0 radical (unpaired) electrons. The van der Waals surface area contributed by atoms with Gasteiger partial charge in [0.25, 0.3) is 5.56 Å². The number of thioether (sulfide) groups is 1. The lowest BCUT2D eigenvalue weighted by molar-refractivity contribution is 0.635. The van der Waals surface area contributed by atoms with Crippen LogP contribution in [0.2, 0.25) is 5.02 Å². The molecular weight excluding hydrogens is 396 g/mol. The highest BCUT2D eigenvalue weighted by atomic mass is 35.5. The molecule has 0 spiro atoms. The quantitative estimate of drug-likeness (QED) is 0.294. The minimum absolute atomic E-state index is 0.0355. The molecule has 136 valence electrons. The molecule has 0 N–H and O–H groups in total. The van der Waals surface area contributed by atoms with Crippen molar-refractivity contribution in [2.24, 2.45) is 0 Å². The fourth-order valence-electron chi connectivity index (χ4n) is 2.85. The fraction of sp³-hybridized carbons (Fsp3) is 0.143. The fourth-order valence-corrected chi connectivity index (χ4v) is 5.05. The van der Waals surface area contributed by atoms with Crippen molar-refractivity contribution in [2.45, 2.75) is 24.4 Å². The number of nitrogens with zero attached hydrogens (tertiary/aromatic N) is 2. The molecule has 0 aliphatic heterocycles. The summed E-state index contributed by atoms with van der Waals surface area (Å²) in [5, 5.41) is 1.47. The number of rotatable bonds is 5. The normalized spacial score (nSPS) is 11.2. The smallest absolute Gasteiger partial charge is 0.272 e. The molecule has 0 aliphatic carbocycles. The molecule has 0 unspecified atom stereocenters. The summed E-state index contributed by atoms with van der Waals surface area (Å²) in [6, 6.07) is 19.9. The van der Waals surface area contributed by atoms with Gasteiger partial charge in [-0.2, -0.15) is 0 Å². The summed E-state index contributed by atoms with van der Waals surface area (Å²) in [7, 11) is 0. The third-order valence-corrected chi connectivity index (χ3v) is 6.72. The number of halogens is 1. The van der Waals surface area contributed by atoms with Crippen LogP contribution in [-0.4, -0.2) is 9.55 Å². The average Bonchev–Trinajstić information content (AvgIpc) is 3.13. The first-order chi connectivity index (χ1) is 13.2. The molecule has 0 saturated carbocycles. The number of aromatic nitrogens is 2. The van der Waals surface area contributed by atoms with Gasteiger partial charge in [0.2, 0.25) is 0 Å². The molecule has 0 aliphatic rings. The first-order valence-corrected chi connectivity index (χ1v) is 10.8. The zero-order valence-corrected chi connectivity index (χ0v) is 17.1. The van der Waals surface area contributed by atoms with Crippen LogP contribution in [-0.2, 0) is 12.3 Å². The molecule has 2 aromatic heterocycles. The Balaban J connectivity index is 1.72. The van der Waals surface area contributed by atoms with Crippen LogP contribution in [0.5, 0.6) is 0 Å². The molecule has 3 nitrogen and oxygen atoms in total. The minimum Gasteiger partial charge on any atom is -0.287 e. The third kappa shape index (κ3) is 3.81. The number of thiophene rings is 1. The van der Waals surface area contributed by atoms with Crippen LogP contribution in [0.1, 0.15) is 12.5 Å². The van der Waals surface area contributed by atoms with Gasteiger partial charge in [0.15, 0.2) is 5.16 Å². The SMILES string of the molecule is CCn1c(SCc2ccc(Cl)cc2)nc2cc(-c3ccccc3)sc2c1=O. The second kappa shape index (κ2) is 7.89. The molecule has 27 heavy (non-hydrogen) atoms. The number of benzene rings is 2. The van der Waals surface area contributed by atoms with Gasteiger partial charge in [-0.05, 0) is 36.2 Å². The number of fused-ring (bicyclic) bond motifs is 1. The standard InChI is InChI=1S/C21H17ClN2OS2/c1-2-24-20(25)19-17(12-18(27-19)15-6-4-3-5-7-15)23-21(24)26-13-14-8-10-16(22)11-9-14/h3-12H,2,13H2,1H3. The Kier molecular flexibility index (Phi) is 5.34. The topological polar surface area (TPSA) is 34.9 Å². The van der Waals surface area contributed by atoms with Gasteiger partial charge in [-0.25, -0.2) is 4.98 Å². The summed E-state index contributed by atoms with van der Waals surface area (Å²) in [6.45, 7) is 2.58. The second-order valence-electron chi connectivity index (χ2n) is 6.05. The predicted molar refractivity (Wildman–Crippen MR) is 116 cm³/mol. The first kappa shape index (κ1) is 18.3. The van der Waals surface area contributed by atoms with Crippen molar-refractivity contribution < 1.29 is 0 Å². The lowest BCUT2D eigenvalue weighted by Gasteiger charge is -2.09. The van der Waals surface area contributed by atoms with Crippen molar-refractivity contribution in [2.75, 3.05) is 0 Å². The Morgan fingerprint density at radius 2 is 1.85 bits per heavy atom. The van der Waals surface area contributed by atoms with Crippen LogP contribution in [0.4, 0.5) is 0 Å². The molecule has 4 aromatic rings. The molecule has 2 heterocycles. The van der Waals surface area contributed by atoms with Crippen LogP contribution in [0.15, 0.2) is 70.6 Å². The van der Waals surface area contributed by atoms with E-state index in [-0.39, 0.29) is 5.56 Å². The molecule has 6 heteroatoms. The summed E-state index contributed by atoms with van der Waals surface area (Å²) in [6.07, 6.45) is 0. The van der Waals surface area contributed by atoms with E-state index in [1.807, 2.05) is 55.5 Å². The van der Waals surface area contributed by atoms with E-state index in [9.17, 15) is 4.79 Å². The zero-order chi connectivity index (χ0) is 18.8. The van der Waals surface area contributed by atoms with Gasteiger partial charge in [0.05, 0.1) is 5.52 Å². The Morgan fingerprint density at radius 1 is 1.11 bits per heavy atom. The number of hydrogen-bond acceptors (Lipinski definition) is 4. The zero-order valence-electron chi connectivity index (χ0n) is 14.7.